The van der Waals surface area contributed by atoms with Crippen LogP contribution >= 0.6 is 34.2 Å². The molecule has 0 spiro atoms. The summed E-state index contributed by atoms with van der Waals surface area (Å²) in [4.78, 5) is 13.8. The van der Waals surface area contributed by atoms with Gasteiger partial charge in [-0.3, -0.25) is 4.79 Å². The van der Waals surface area contributed by atoms with Gasteiger partial charge in [-0.15, -0.1) is 0 Å². The summed E-state index contributed by atoms with van der Waals surface area (Å²) in [6.07, 6.45) is 0.467. The van der Waals surface area contributed by atoms with Crippen LogP contribution in [0.3, 0.4) is 0 Å². The van der Waals surface area contributed by atoms with Gasteiger partial charge in [-0.2, -0.15) is 0 Å². The highest BCUT2D eigenvalue weighted by Crippen LogP contribution is 2.16. The number of aromatic nitrogens is 1. The molecule has 0 saturated heterocycles. The second kappa shape index (κ2) is 3.44. The summed E-state index contributed by atoms with van der Waals surface area (Å²) in [6, 6.07) is 1.06. The third-order valence-corrected chi connectivity index (χ3v) is 2.10. The van der Waals surface area contributed by atoms with Gasteiger partial charge in [-0.1, -0.05) is 11.6 Å². The summed E-state index contributed by atoms with van der Waals surface area (Å²) >= 11 is 7.18. The van der Waals surface area contributed by atoms with E-state index in [9.17, 15) is 9.18 Å². The number of hydrogen-bond donors (Lipinski definition) is 0. The highest BCUT2D eigenvalue weighted by molar-refractivity contribution is 14.1. The van der Waals surface area contributed by atoms with Crippen LogP contribution in [0.15, 0.2) is 6.07 Å². The number of nitrogens with zero attached hydrogens (tertiary/aromatic N) is 1. The van der Waals surface area contributed by atoms with E-state index in [2.05, 4.69) is 4.98 Å². The summed E-state index contributed by atoms with van der Waals surface area (Å²) in [7, 11) is 0. The Morgan fingerprint density at radius 3 is 2.91 bits per heavy atom. The molecule has 0 saturated carbocycles. The topological polar surface area (TPSA) is 30.0 Å². The fourth-order valence-electron chi connectivity index (χ4n) is 0.542. The Morgan fingerprint density at radius 1 is 1.73 bits per heavy atom. The van der Waals surface area contributed by atoms with Gasteiger partial charge in [-0.25, -0.2) is 9.37 Å². The van der Waals surface area contributed by atoms with Crippen molar-refractivity contribution < 1.29 is 9.18 Å². The summed E-state index contributed by atoms with van der Waals surface area (Å²) in [5.74, 6) is -0.530. The molecular formula is C6H2ClFINO. The van der Waals surface area contributed by atoms with Crippen LogP contribution in [0.5, 0.6) is 0 Å². The Kier molecular flexibility index (Phi) is 2.78. The van der Waals surface area contributed by atoms with Crippen molar-refractivity contribution in [2.24, 2.45) is 0 Å². The molecule has 1 aromatic heterocycles. The Balaban J connectivity index is 3.31. The first-order chi connectivity index (χ1) is 5.15. The van der Waals surface area contributed by atoms with E-state index in [-0.39, 0.29) is 14.4 Å². The molecule has 0 atom stereocenters. The van der Waals surface area contributed by atoms with Crippen LogP contribution in [0, 0.1) is 9.52 Å². The molecule has 0 fully saturated rings. The molecule has 0 N–H and O–H groups in total. The SMILES string of the molecule is O=Cc1cc(F)c(I)nc1Cl. The molecule has 0 amide bonds. The summed E-state index contributed by atoms with van der Waals surface area (Å²) in [5, 5.41) is 0.0331. The summed E-state index contributed by atoms with van der Waals surface area (Å²) in [6.45, 7) is 0. The zero-order valence-electron chi connectivity index (χ0n) is 5.14. The van der Waals surface area contributed by atoms with Crippen molar-refractivity contribution in [3.63, 3.8) is 0 Å². The van der Waals surface area contributed by atoms with Gasteiger partial charge >= 0.3 is 0 Å². The number of carbonyl (C=O) groups excluding carboxylic acids is 1. The van der Waals surface area contributed by atoms with Crippen LogP contribution in [0.25, 0.3) is 0 Å². The van der Waals surface area contributed by atoms with Crippen molar-refractivity contribution >= 4 is 40.5 Å². The van der Waals surface area contributed by atoms with Crippen molar-refractivity contribution in [1.29, 1.82) is 0 Å². The Hall–Kier alpha value is -0.230. The van der Waals surface area contributed by atoms with Crippen LogP contribution in [0.2, 0.25) is 5.15 Å². The number of rotatable bonds is 1. The van der Waals surface area contributed by atoms with Gasteiger partial charge in [0.1, 0.15) is 8.85 Å². The minimum atomic E-state index is -0.530. The lowest BCUT2D eigenvalue weighted by Crippen LogP contribution is -1.93. The third-order valence-electron chi connectivity index (χ3n) is 1.04. The maximum absolute atomic E-state index is 12.7. The van der Waals surface area contributed by atoms with Crippen LogP contribution < -0.4 is 0 Å². The maximum Gasteiger partial charge on any atom is 0.155 e. The van der Waals surface area contributed by atoms with Gasteiger partial charge in [0.25, 0.3) is 0 Å². The van der Waals surface area contributed by atoms with E-state index < -0.39 is 5.82 Å². The highest BCUT2D eigenvalue weighted by atomic mass is 127. The predicted octanol–water partition coefficient (Wildman–Crippen LogP) is 2.29. The van der Waals surface area contributed by atoms with Crippen LogP contribution in [-0.4, -0.2) is 11.3 Å². The molecular weight excluding hydrogens is 283 g/mol. The van der Waals surface area contributed by atoms with Gasteiger partial charge in [-0.05, 0) is 28.7 Å². The summed E-state index contributed by atoms with van der Waals surface area (Å²) in [5.41, 5.74) is 0.0737. The monoisotopic (exact) mass is 285 g/mol. The van der Waals surface area contributed by atoms with E-state index in [4.69, 9.17) is 11.6 Å². The van der Waals surface area contributed by atoms with Crippen molar-refractivity contribution in [3.8, 4) is 0 Å². The first-order valence-corrected chi connectivity index (χ1v) is 4.07. The number of halogens is 3. The Bertz CT molecular complexity index is 305. The molecule has 0 radical (unpaired) electrons. The lowest BCUT2D eigenvalue weighted by atomic mass is 10.3. The van der Waals surface area contributed by atoms with Gasteiger partial charge in [0.05, 0.1) is 5.56 Å². The quantitative estimate of drug-likeness (QED) is 0.450. The number of aldehydes is 1. The number of hydrogen-bond acceptors (Lipinski definition) is 2. The zero-order chi connectivity index (χ0) is 8.43. The number of carbonyl (C=O) groups is 1. The van der Waals surface area contributed by atoms with Crippen molar-refractivity contribution in [1.82, 2.24) is 4.98 Å². The lowest BCUT2D eigenvalue weighted by molar-refractivity contribution is 0.112. The van der Waals surface area contributed by atoms with E-state index in [0.717, 1.165) is 6.07 Å². The van der Waals surface area contributed by atoms with Crippen molar-refractivity contribution in [3.05, 3.63) is 26.3 Å². The molecule has 1 aromatic rings. The average Bonchev–Trinajstić information content (AvgIpc) is 1.97. The van der Waals surface area contributed by atoms with Crippen LogP contribution in [-0.2, 0) is 0 Å². The largest absolute Gasteiger partial charge is 0.298 e. The van der Waals surface area contributed by atoms with Gasteiger partial charge in [0, 0.05) is 0 Å². The molecule has 2 nitrogen and oxygen atoms in total. The van der Waals surface area contributed by atoms with E-state index in [1.54, 1.807) is 22.6 Å². The molecule has 0 aliphatic carbocycles. The first kappa shape index (κ1) is 8.86. The smallest absolute Gasteiger partial charge is 0.155 e. The molecule has 5 heteroatoms. The normalized spacial score (nSPS) is 9.73. The Morgan fingerprint density at radius 2 is 2.36 bits per heavy atom. The van der Waals surface area contributed by atoms with E-state index in [0.29, 0.717) is 6.29 Å². The molecule has 0 bridgehead atoms. The van der Waals surface area contributed by atoms with E-state index >= 15 is 0 Å². The molecule has 0 aromatic carbocycles. The summed E-state index contributed by atoms with van der Waals surface area (Å²) < 4.78 is 12.8. The van der Waals surface area contributed by atoms with Gasteiger partial charge in [0.2, 0.25) is 0 Å². The van der Waals surface area contributed by atoms with Gasteiger partial charge in [0.15, 0.2) is 12.1 Å². The highest BCUT2D eigenvalue weighted by Gasteiger charge is 2.06. The zero-order valence-corrected chi connectivity index (χ0v) is 8.06. The number of pyridine rings is 1. The fraction of sp³-hybridized carbons (Fsp3) is 0. The maximum atomic E-state index is 12.7. The second-order valence-corrected chi connectivity index (χ2v) is 3.14. The van der Waals surface area contributed by atoms with Gasteiger partial charge < -0.3 is 0 Å². The molecule has 0 aliphatic heterocycles. The standard InChI is InChI=1S/C6H2ClFINO/c7-5-3(2-11)1-4(8)6(9)10-5/h1-2H. The fourth-order valence-corrected chi connectivity index (χ4v) is 1.27. The van der Waals surface area contributed by atoms with Crippen molar-refractivity contribution in [2.75, 3.05) is 0 Å². The second-order valence-electron chi connectivity index (χ2n) is 1.76. The minimum Gasteiger partial charge on any atom is -0.298 e. The first-order valence-electron chi connectivity index (χ1n) is 2.62. The molecule has 0 unspecified atom stereocenters. The molecule has 11 heavy (non-hydrogen) atoms. The van der Waals surface area contributed by atoms with Crippen LogP contribution in [0.1, 0.15) is 10.4 Å². The third kappa shape index (κ3) is 1.87. The molecule has 1 heterocycles. The lowest BCUT2D eigenvalue weighted by Gasteiger charge is -1.96. The molecule has 58 valence electrons. The molecule has 0 aliphatic rings. The average molecular weight is 285 g/mol. The van der Waals surface area contributed by atoms with Crippen molar-refractivity contribution in [2.45, 2.75) is 0 Å². The molecule has 1 rings (SSSR count). The minimum absolute atomic E-state index is 0.0331. The predicted molar refractivity (Wildman–Crippen MR) is 47.3 cm³/mol. The Labute approximate surface area is 80.9 Å². The van der Waals surface area contributed by atoms with E-state index in [1.807, 2.05) is 0 Å². The van der Waals surface area contributed by atoms with E-state index in [1.165, 1.54) is 0 Å². The van der Waals surface area contributed by atoms with Crippen LogP contribution in [0.4, 0.5) is 4.39 Å².